The van der Waals surface area contributed by atoms with E-state index < -0.39 is 29.2 Å². The molecule has 0 aromatic heterocycles. The third-order valence-electron chi connectivity index (χ3n) is 2.26. The standard InChI is InChI=1S/C12H14F2N2O3/c13-8-3-1-4-9(14)12(8)16-10(17)7-15-6-2-5-11(18)19/h1,3-4,15H,2,5-7H2,(H,16,17)(H,18,19). The summed E-state index contributed by atoms with van der Waals surface area (Å²) in [5.74, 6) is -3.21. The normalized spacial score (nSPS) is 10.2. The molecule has 0 saturated heterocycles. The van der Waals surface area contributed by atoms with Gasteiger partial charge in [0.1, 0.15) is 17.3 Å². The fourth-order valence-electron chi connectivity index (χ4n) is 1.37. The highest BCUT2D eigenvalue weighted by Gasteiger charge is 2.11. The van der Waals surface area contributed by atoms with Gasteiger partial charge < -0.3 is 15.7 Å². The molecule has 1 rings (SSSR count). The summed E-state index contributed by atoms with van der Waals surface area (Å²) in [4.78, 5) is 21.6. The number of benzene rings is 1. The van der Waals surface area contributed by atoms with Gasteiger partial charge in [-0.1, -0.05) is 6.07 Å². The predicted molar refractivity (Wildman–Crippen MR) is 64.7 cm³/mol. The Kier molecular flexibility index (Phi) is 5.87. The van der Waals surface area contributed by atoms with Gasteiger partial charge in [-0.2, -0.15) is 0 Å². The number of carbonyl (C=O) groups excluding carboxylic acids is 1. The van der Waals surface area contributed by atoms with Gasteiger partial charge in [-0.3, -0.25) is 9.59 Å². The minimum absolute atomic E-state index is 0.00341. The number of anilines is 1. The minimum atomic E-state index is -0.917. The van der Waals surface area contributed by atoms with Gasteiger partial charge in [-0.25, -0.2) is 8.78 Å². The van der Waals surface area contributed by atoms with Crippen LogP contribution in [0.3, 0.4) is 0 Å². The molecule has 1 aromatic carbocycles. The van der Waals surface area contributed by atoms with Crippen molar-refractivity contribution in [1.29, 1.82) is 0 Å². The number of nitrogens with one attached hydrogen (secondary N) is 2. The van der Waals surface area contributed by atoms with E-state index in [1.807, 2.05) is 0 Å². The Morgan fingerprint density at radius 3 is 2.42 bits per heavy atom. The summed E-state index contributed by atoms with van der Waals surface area (Å²) in [6, 6.07) is 3.28. The summed E-state index contributed by atoms with van der Waals surface area (Å²) in [7, 11) is 0. The Morgan fingerprint density at radius 1 is 1.21 bits per heavy atom. The van der Waals surface area contributed by atoms with Gasteiger partial charge in [-0.05, 0) is 25.1 Å². The van der Waals surface area contributed by atoms with Crippen LogP contribution in [-0.2, 0) is 9.59 Å². The summed E-state index contributed by atoms with van der Waals surface area (Å²) in [5, 5.41) is 13.2. The van der Waals surface area contributed by atoms with Crippen LogP contribution in [0.2, 0.25) is 0 Å². The lowest BCUT2D eigenvalue weighted by Gasteiger charge is -2.08. The molecule has 0 spiro atoms. The molecule has 0 heterocycles. The number of rotatable bonds is 7. The van der Waals surface area contributed by atoms with Crippen molar-refractivity contribution >= 4 is 17.6 Å². The maximum absolute atomic E-state index is 13.2. The van der Waals surface area contributed by atoms with E-state index in [2.05, 4.69) is 10.6 Å². The van der Waals surface area contributed by atoms with E-state index in [9.17, 15) is 18.4 Å². The van der Waals surface area contributed by atoms with Crippen LogP contribution in [0.25, 0.3) is 0 Å². The molecule has 0 fully saturated rings. The molecule has 3 N–H and O–H groups in total. The number of hydrogen-bond acceptors (Lipinski definition) is 3. The molecule has 1 aromatic rings. The molecule has 0 aliphatic heterocycles. The first-order valence-corrected chi connectivity index (χ1v) is 5.67. The van der Waals surface area contributed by atoms with Crippen LogP contribution < -0.4 is 10.6 Å². The largest absolute Gasteiger partial charge is 0.481 e. The van der Waals surface area contributed by atoms with Crippen molar-refractivity contribution in [1.82, 2.24) is 5.32 Å². The molecule has 0 radical (unpaired) electrons. The number of halogens is 2. The highest BCUT2D eigenvalue weighted by Crippen LogP contribution is 2.17. The van der Waals surface area contributed by atoms with Crippen molar-refractivity contribution < 1.29 is 23.5 Å². The molecule has 19 heavy (non-hydrogen) atoms. The predicted octanol–water partition coefficient (Wildman–Crippen LogP) is 1.36. The third kappa shape index (κ3) is 5.43. The van der Waals surface area contributed by atoms with Crippen LogP contribution in [0.5, 0.6) is 0 Å². The van der Waals surface area contributed by atoms with Gasteiger partial charge in [0.15, 0.2) is 0 Å². The first kappa shape index (κ1) is 15.0. The first-order chi connectivity index (χ1) is 9.00. The second-order valence-electron chi connectivity index (χ2n) is 3.82. The van der Waals surface area contributed by atoms with Gasteiger partial charge in [-0.15, -0.1) is 0 Å². The minimum Gasteiger partial charge on any atom is -0.481 e. The maximum atomic E-state index is 13.2. The molecular formula is C12H14F2N2O3. The van der Waals surface area contributed by atoms with Crippen LogP contribution in [0.4, 0.5) is 14.5 Å². The summed E-state index contributed by atoms with van der Waals surface area (Å²) in [6.45, 7) is 0.187. The van der Waals surface area contributed by atoms with E-state index >= 15 is 0 Å². The summed E-state index contributed by atoms with van der Waals surface area (Å²) < 4.78 is 26.4. The van der Waals surface area contributed by atoms with Gasteiger partial charge in [0.05, 0.1) is 6.54 Å². The fraction of sp³-hybridized carbons (Fsp3) is 0.333. The summed E-state index contributed by atoms with van der Waals surface area (Å²) >= 11 is 0. The average Bonchev–Trinajstić information content (AvgIpc) is 2.33. The Balaban J connectivity index is 2.33. The summed E-state index contributed by atoms with van der Waals surface area (Å²) in [6.07, 6.45) is 0.368. The number of aliphatic carboxylic acids is 1. The monoisotopic (exact) mass is 272 g/mol. The van der Waals surface area contributed by atoms with Crippen LogP contribution >= 0.6 is 0 Å². The Labute approximate surface area is 108 Å². The summed E-state index contributed by atoms with van der Waals surface area (Å²) in [5.41, 5.74) is -0.486. The molecular weight excluding hydrogens is 258 g/mol. The number of carbonyl (C=O) groups is 2. The Morgan fingerprint density at radius 2 is 1.84 bits per heavy atom. The zero-order chi connectivity index (χ0) is 14.3. The Bertz CT molecular complexity index is 446. The van der Waals surface area contributed by atoms with Crippen molar-refractivity contribution in [3.8, 4) is 0 Å². The van der Waals surface area contributed by atoms with E-state index in [1.54, 1.807) is 0 Å². The van der Waals surface area contributed by atoms with Crippen molar-refractivity contribution in [2.75, 3.05) is 18.4 Å². The van der Waals surface area contributed by atoms with Crippen molar-refractivity contribution in [3.05, 3.63) is 29.8 Å². The topological polar surface area (TPSA) is 78.4 Å². The van der Waals surface area contributed by atoms with E-state index in [0.29, 0.717) is 13.0 Å². The molecule has 0 bridgehead atoms. The van der Waals surface area contributed by atoms with Gasteiger partial charge >= 0.3 is 5.97 Å². The van der Waals surface area contributed by atoms with Crippen LogP contribution in [-0.4, -0.2) is 30.1 Å². The molecule has 1 amide bonds. The van der Waals surface area contributed by atoms with E-state index in [4.69, 9.17) is 5.11 Å². The molecule has 0 saturated carbocycles. The van der Waals surface area contributed by atoms with Crippen molar-refractivity contribution in [2.24, 2.45) is 0 Å². The SMILES string of the molecule is O=C(O)CCCNCC(=O)Nc1c(F)cccc1F. The number of carboxylic acids is 1. The van der Waals surface area contributed by atoms with Crippen molar-refractivity contribution in [3.63, 3.8) is 0 Å². The Hall–Kier alpha value is -2.02. The van der Waals surface area contributed by atoms with Crippen LogP contribution in [0.15, 0.2) is 18.2 Å². The van der Waals surface area contributed by atoms with Gasteiger partial charge in [0.2, 0.25) is 5.91 Å². The molecule has 0 unspecified atom stereocenters. The van der Waals surface area contributed by atoms with E-state index in [-0.39, 0.29) is 13.0 Å². The maximum Gasteiger partial charge on any atom is 0.303 e. The molecule has 0 aliphatic rings. The molecule has 104 valence electrons. The van der Waals surface area contributed by atoms with E-state index in [0.717, 1.165) is 12.1 Å². The molecule has 7 heteroatoms. The third-order valence-corrected chi connectivity index (χ3v) is 2.26. The number of amides is 1. The number of para-hydroxylation sites is 1. The molecule has 0 aliphatic carbocycles. The fourth-order valence-corrected chi connectivity index (χ4v) is 1.37. The zero-order valence-electron chi connectivity index (χ0n) is 10.1. The smallest absolute Gasteiger partial charge is 0.303 e. The lowest BCUT2D eigenvalue weighted by atomic mass is 10.3. The second-order valence-corrected chi connectivity index (χ2v) is 3.82. The lowest BCUT2D eigenvalue weighted by Crippen LogP contribution is -2.29. The first-order valence-electron chi connectivity index (χ1n) is 5.67. The zero-order valence-corrected chi connectivity index (χ0v) is 10.1. The highest BCUT2D eigenvalue weighted by atomic mass is 19.1. The van der Waals surface area contributed by atoms with Crippen LogP contribution in [0.1, 0.15) is 12.8 Å². The molecule has 0 atom stereocenters. The van der Waals surface area contributed by atoms with Gasteiger partial charge in [0.25, 0.3) is 0 Å². The van der Waals surface area contributed by atoms with Crippen molar-refractivity contribution in [2.45, 2.75) is 12.8 Å². The van der Waals surface area contributed by atoms with E-state index in [1.165, 1.54) is 6.07 Å². The highest BCUT2D eigenvalue weighted by molar-refractivity contribution is 5.92. The van der Waals surface area contributed by atoms with Gasteiger partial charge in [0, 0.05) is 6.42 Å². The number of carboxylic acid groups (broad SMARTS) is 1. The lowest BCUT2D eigenvalue weighted by molar-refractivity contribution is -0.137. The second kappa shape index (κ2) is 7.42. The molecule has 5 nitrogen and oxygen atoms in total. The average molecular weight is 272 g/mol. The quantitative estimate of drug-likeness (QED) is 0.655. The van der Waals surface area contributed by atoms with Crippen LogP contribution in [0, 0.1) is 11.6 Å². The number of hydrogen-bond donors (Lipinski definition) is 3.